The van der Waals surface area contributed by atoms with Crippen LogP contribution in [0.3, 0.4) is 0 Å². The first-order valence-electron chi connectivity index (χ1n) is 7.65. The number of amides is 1. The molecule has 1 aliphatic rings. The monoisotopic (exact) mass is 305 g/mol. The summed E-state index contributed by atoms with van der Waals surface area (Å²) in [6.07, 6.45) is 1.95. The van der Waals surface area contributed by atoms with Crippen molar-refractivity contribution in [2.45, 2.75) is 32.1 Å². The number of nitrogens with zero attached hydrogens (tertiary/aromatic N) is 1. The lowest BCUT2D eigenvalue weighted by Crippen LogP contribution is -2.50. The molecule has 1 aromatic rings. The van der Waals surface area contributed by atoms with E-state index in [1.54, 1.807) is 50.1 Å². The molecular weight excluding hydrogens is 282 g/mol. The van der Waals surface area contributed by atoms with Gasteiger partial charge in [-0.05, 0) is 44.4 Å². The van der Waals surface area contributed by atoms with Gasteiger partial charge in [0.2, 0.25) is 5.91 Å². The lowest BCUT2D eigenvalue weighted by atomic mass is 9.81. The molecule has 0 spiro atoms. The average molecular weight is 305 g/mol. The van der Waals surface area contributed by atoms with Gasteiger partial charge in [-0.15, -0.1) is 0 Å². The first-order valence-corrected chi connectivity index (χ1v) is 7.65. The van der Waals surface area contributed by atoms with E-state index in [1.807, 2.05) is 0 Å². The second-order valence-electron chi connectivity index (χ2n) is 5.58. The minimum Gasteiger partial charge on any atom is -0.497 e. The van der Waals surface area contributed by atoms with E-state index in [0.717, 1.165) is 12.8 Å². The van der Waals surface area contributed by atoms with Crippen molar-refractivity contribution in [3.8, 4) is 5.75 Å². The molecule has 1 atom stereocenters. The molecule has 1 amide bonds. The highest BCUT2D eigenvalue weighted by atomic mass is 16.5. The fraction of sp³-hybridized carbons (Fsp3) is 0.529. The first-order chi connectivity index (χ1) is 10.5. The maximum absolute atomic E-state index is 13.0. The summed E-state index contributed by atoms with van der Waals surface area (Å²) in [5.41, 5.74) is -0.739. The molecule has 22 heavy (non-hydrogen) atoms. The molecular formula is C17H23NO4. The van der Waals surface area contributed by atoms with Crippen molar-refractivity contribution in [2.24, 2.45) is 0 Å². The molecule has 5 nitrogen and oxygen atoms in total. The van der Waals surface area contributed by atoms with E-state index in [9.17, 15) is 9.59 Å². The Kier molecular flexibility index (Phi) is 5.06. The number of hydrogen-bond acceptors (Lipinski definition) is 4. The van der Waals surface area contributed by atoms with Crippen molar-refractivity contribution in [1.29, 1.82) is 0 Å². The highest BCUT2D eigenvalue weighted by Gasteiger charge is 2.47. The van der Waals surface area contributed by atoms with E-state index in [0.29, 0.717) is 24.4 Å². The van der Waals surface area contributed by atoms with E-state index in [1.165, 1.54) is 0 Å². The highest BCUT2D eigenvalue weighted by Crippen LogP contribution is 2.31. The van der Waals surface area contributed by atoms with Crippen LogP contribution in [0.2, 0.25) is 0 Å². The van der Waals surface area contributed by atoms with Gasteiger partial charge in [-0.1, -0.05) is 12.1 Å². The Hall–Kier alpha value is -2.04. The summed E-state index contributed by atoms with van der Waals surface area (Å²) >= 11 is 0. The normalized spacial score (nSPS) is 17.0. The fourth-order valence-electron chi connectivity index (χ4n) is 2.77. The Morgan fingerprint density at radius 3 is 2.55 bits per heavy atom. The summed E-state index contributed by atoms with van der Waals surface area (Å²) in [6, 6.07) is 7.07. The minimum atomic E-state index is -1.34. The van der Waals surface area contributed by atoms with E-state index < -0.39 is 11.4 Å². The Bertz CT molecular complexity index is 551. The summed E-state index contributed by atoms with van der Waals surface area (Å²) < 4.78 is 10.4. The molecule has 5 heteroatoms. The van der Waals surface area contributed by atoms with Gasteiger partial charge in [0, 0.05) is 13.1 Å². The maximum Gasteiger partial charge on any atom is 0.325 e. The third-order valence-corrected chi connectivity index (χ3v) is 4.15. The largest absolute Gasteiger partial charge is 0.497 e. The van der Waals surface area contributed by atoms with Crippen LogP contribution in [0, 0.1) is 0 Å². The van der Waals surface area contributed by atoms with Crippen LogP contribution in [-0.2, 0) is 19.7 Å². The van der Waals surface area contributed by atoms with Crippen LogP contribution in [0.4, 0.5) is 0 Å². The molecule has 1 aliphatic heterocycles. The Balaban J connectivity index is 2.44. The quantitative estimate of drug-likeness (QED) is 0.618. The van der Waals surface area contributed by atoms with Crippen molar-refractivity contribution in [3.63, 3.8) is 0 Å². The predicted molar refractivity (Wildman–Crippen MR) is 82.8 cm³/mol. The lowest BCUT2D eigenvalue weighted by Gasteiger charge is -2.31. The van der Waals surface area contributed by atoms with Crippen LogP contribution in [0.15, 0.2) is 24.3 Å². The molecule has 0 radical (unpaired) electrons. The number of benzene rings is 1. The third-order valence-electron chi connectivity index (χ3n) is 4.15. The van der Waals surface area contributed by atoms with Gasteiger partial charge in [0.15, 0.2) is 5.41 Å². The number of ether oxygens (including phenoxy) is 2. The second-order valence-corrected chi connectivity index (χ2v) is 5.58. The highest BCUT2D eigenvalue weighted by molar-refractivity contribution is 6.08. The first kappa shape index (κ1) is 16.3. The smallest absolute Gasteiger partial charge is 0.325 e. The van der Waals surface area contributed by atoms with Gasteiger partial charge in [-0.3, -0.25) is 9.59 Å². The van der Waals surface area contributed by atoms with Crippen LogP contribution in [0.25, 0.3) is 0 Å². The summed E-state index contributed by atoms with van der Waals surface area (Å²) in [5, 5.41) is 0. The number of methoxy groups -OCH3 is 1. The molecule has 0 bridgehead atoms. The second kappa shape index (κ2) is 6.81. The lowest BCUT2D eigenvalue weighted by molar-refractivity contribution is -0.157. The number of hydrogen-bond donors (Lipinski definition) is 0. The zero-order chi connectivity index (χ0) is 16.2. The number of carbonyl (C=O) groups is 2. The van der Waals surface area contributed by atoms with E-state index in [2.05, 4.69) is 0 Å². The number of carbonyl (C=O) groups excluding carboxylic acids is 2. The predicted octanol–water partition coefficient (Wildman–Crippen LogP) is 2.14. The molecule has 1 fully saturated rings. The number of likely N-dealkylation sites (tertiary alicyclic amines) is 1. The molecule has 1 saturated heterocycles. The van der Waals surface area contributed by atoms with Gasteiger partial charge in [0.1, 0.15) is 5.75 Å². The molecule has 0 aromatic heterocycles. The van der Waals surface area contributed by atoms with Crippen LogP contribution >= 0.6 is 0 Å². The fourth-order valence-corrected chi connectivity index (χ4v) is 2.77. The van der Waals surface area contributed by atoms with Crippen molar-refractivity contribution in [2.75, 3.05) is 26.8 Å². The van der Waals surface area contributed by atoms with Crippen LogP contribution in [0.5, 0.6) is 5.75 Å². The average Bonchev–Trinajstić information content (AvgIpc) is 3.08. The molecule has 1 heterocycles. The Morgan fingerprint density at radius 2 is 1.95 bits per heavy atom. The van der Waals surface area contributed by atoms with Crippen molar-refractivity contribution in [1.82, 2.24) is 4.90 Å². The van der Waals surface area contributed by atoms with Crippen LogP contribution in [-0.4, -0.2) is 43.6 Å². The molecule has 1 aromatic carbocycles. The zero-order valence-corrected chi connectivity index (χ0v) is 13.4. The third kappa shape index (κ3) is 2.93. The topological polar surface area (TPSA) is 55.8 Å². The molecule has 2 rings (SSSR count). The van der Waals surface area contributed by atoms with Gasteiger partial charge < -0.3 is 14.4 Å². The van der Waals surface area contributed by atoms with E-state index in [4.69, 9.17) is 9.47 Å². The maximum atomic E-state index is 13.0. The van der Waals surface area contributed by atoms with Crippen molar-refractivity contribution < 1.29 is 19.1 Å². The Morgan fingerprint density at radius 1 is 1.27 bits per heavy atom. The van der Waals surface area contributed by atoms with Gasteiger partial charge in [-0.2, -0.15) is 0 Å². The summed E-state index contributed by atoms with van der Waals surface area (Å²) in [6.45, 7) is 5.01. The van der Waals surface area contributed by atoms with Crippen molar-refractivity contribution >= 4 is 11.9 Å². The van der Waals surface area contributed by atoms with E-state index in [-0.39, 0.29) is 12.5 Å². The van der Waals surface area contributed by atoms with Gasteiger partial charge in [0.05, 0.1) is 13.7 Å². The summed E-state index contributed by atoms with van der Waals surface area (Å²) in [5.74, 6) is -0.0981. The standard InChI is InChI=1S/C17H23NO4/c1-4-22-16(20)17(2,15(19)18-10-5-6-11-18)13-8-7-9-14(12-13)21-3/h7-9,12H,4-6,10-11H2,1-3H3. The minimum absolute atomic E-state index is 0.197. The molecule has 0 N–H and O–H groups in total. The molecule has 0 aliphatic carbocycles. The summed E-state index contributed by atoms with van der Waals surface area (Å²) in [7, 11) is 1.56. The molecule has 0 saturated carbocycles. The van der Waals surface area contributed by atoms with Crippen LogP contribution in [0.1, 0.15) is 32.3 Å². The number of rotatable bonds is 5. The van der Waals surface area contributed by atoms with Crippen LogP contribution < -0.4 is 4.74 Å². The number of esters is 1. The summed E-state index contributed by atoms with van der Waals surface area (Å²) in [4.78, 5) is 27.3. The van der Waals surface area contributed by atoms with Gasteiger partial charge in [-0.25, -0.2) is 0 Å². The molecule has 120 valence electrons. The van der Waals surface area contributed by atoms with Crippen molar-refractivity contribution in [3.05, 3.63) is 29.8 Å². The van der Waals surface area contributed by atoms with E-state index >= 15 is 0 Å². The SMILES string of the molecule is CCOC(=O)C(C)(C(=O)N1CCCC1)c1cccc(OC)c1. The molecule has 1 unspecified atom stereocenters. The zero-order valence-electron chi connectivity index (χ0n) is 13.4. The van der Waals surface area contributed by atoms with Gasteiger partial charge in [0.25, 0.3) is 0 Å². The Labute approximate surface area is 131 Å². The van der Waals surface area contributed by atoms with Gasteiger partial charge >= 0.3 is 5.97 Å².